The molecule has 0 spiro atoms. The van der Waals surface area contributed by atoms with Crippen molar-refractivity contribution in [2.24, 2.45) is 0 Å². The zero-order valence-electron chi connectivity index (χ0n) is 9.61. The van der Waals surface area contributed by atoms with Gasteiger partial charge in [-0.25, -0.2) is 4.79 Å². The molecule has 1 aromatic rings. The van der Waals surface area contributed by atoms with Gasteiger partial charge >= 0.3 is 5.97 Å². The fourth-order valence-corrected chi connectivity index (χ4v) is 1.58. The van der Waals surface area contributed by atoms with Gasteiger partial charge in [-0.05, 0) is 32.4 Å². The summed E-state index contributed by atoms with van der Waals surface area (Å²) in [5.74, 6) is -0.808. The van der Waals surface area contributed by atoms with Crippen LogP contribution in [0.4, 0.5) is 5.69 Å². The minimum Gasteiger partial charge on any atom is -0.480 e. The number of likely N-dealkylation sites (N-methyl/N-ethyl adjacent to an activating group) is 1. The van der Waals surface area contributed by atoms with E-state index in [1.807, 2.05) is 26.0 Å². The lowest BCUT2D eigenvalue weighted by Crippen LogP contribution is -2.36. The molecule has 1 aromatic carbocycles. The molecule has 0 aliphatic carbocycles. The first-order valence-corrected chi connectivity index (χ1v) is 4.96. The van der Waals surface area contributed by atoms with Crippen molar-refractivity contribution >= 4 is 11.7 Å². The van der Waals surface area contributed by atoms with Crippen molar-refractivity contribution in [2.75, 3.05) is 11.9 Å². The zero-order chi connectivity index (χ0) is 11.6. The second-order valence-electron chi connectivity index (χ2n) is 3.92. The number of carbonyl (C=O) groups is 1. The van der Waals surface area contributed by atoms with E-state index in [1.54, 1.807) is 18.9 Å². The molecule has 0 radical (unpaired) electrons. The molecule has 0 aromatic heterocycles. The number of benzene rings is 1. The number of rotatable bonds is 3. The molecular weight excluding hydrogens is 190 g/mol. The molecule has 1 rings (SSSR count). The van der Waals surface area contributed by atoms with Crippen molar-refractivity contribution in [2.45, 2.75) is 26.8 Å². The van der Waals surface area contributed by atoms with E-state index < -0.39 is 12.0 Å². The Morgan fingerprint density at radius 2 is 2.00 bits per heavy atom. The van der Waals surface area contributed by atoms with Crippen LogP contribution in [-0.4, -0.2) is 24.2 Å². The predicted octanol–water partition coefficient (Wildman–Crippen LogP) is 2.21. The Hall–Kier alpha value is -1.51. The average Bonchev–Trinajstić information content (AvgIpc) is 2.15. The minimum atomic E-state index is -0.808. The summed E-state index contributed by atoms with van der Waals surface area (Å²) < 4.78 is 0. The van der Waals surface area contributed by atoms with Crippen LogP contribution in [0.3, 0.4) is 0 Å². The maximum absolute atomic E-state index is 10.9. The fraction of sp³-hybridized carbons (Fsp3) is 0.417. The second kappa shape index (κ2) is 4.34. The third-order valence-electron chi connectivity index (χ3n) is 2.67. The summed E-state index contributed by atoms with van der Waals surface area (Å²) in [5.41, 5.74) is 3.26. The Labute approximate surface area is 90.3 Å². The lowest BCUT2D eigenvalue weighted by Gasteiger charge is -2.25. The number of aryl methyl sites for hydroxylation is 2. The average molecular weight is 207 g/mol. The van der Waals surface area contributed by atoms with Crippen LogP contribution in [0, 0.1) is 13.8 Å². The number of carboxylic acid groups (broad SMARTS) is 1. The van der Waals surface area contributed by atoms with Crippen LogP contribution in [-0.2, 0) is 4.79 Å². The highest BCUT2D eigenvalue weighted by molar-refractivity contribution is 5.78. The Morgan fingerprint density at radius 1 is 1.40 bits per heavy atom. The van der Waals surface area contributed by atoms with Gasteiger partial charge in [0.1, 0.15) is 6.04 Å². The minimum absolute atomic E-state index is 0.508. The maximum Gasteiger partial charge on any atom is 0.326 e. The van der Waals surface area contributed by atoms with Crippen molar-refractivity contribution < 1.29 is 9.90 Å². The summed E-state index contributed by atoms with van der Waals surface area (Å²) in [6.45, 7) is 5.70. The van der Waals surface area contributed by atoms with Gasteiger partial charge in [0.2, 0.25) is 0 Å². The van der Waals surface area contributed by atoms with Crippen molar-refractivity contribution in [1.29, 1.82) is 0 Å². The molecule has 0 heterocycles. The molecule has 0 bridgehead atoms. The fourth-order valence-electron chi connectivity index (χ4n) is 1.58. The Balaban J connectivity index is 3.01. The second-order valence-corrected chi connectivity index (χ2v) is 3.92. The van der Waals surface area contributed by atoms with Crippen molar-refractivity contribution in [1.82, 2.24) is 0 Å². The molecule has 0 fully saturated rings. The van der Waals surface area contributed by atoms with E-state index in [4.69, 9.17) is 5.11 Å². The van der Waals surface area contributed by atoms with Crippen LogP contribution in [0.5, 0.6) is 0 Å². The monoisotopic (exact) mass is 207 g/mol. The standard InChI is InChI=1S/C12H17NO2/c1-8-5-6-11(9(2)7-8)13(4)10(3)12(14)15/h5-7,10H,1-4H3,(H,14,15). The SMILES string of the molecule is Cc1ccc(N(C)C(C)C(=O)O)c(C)c1. The zero-order valence-corrected chi connectivity index (χ0v) is 9.61. The van der Waals surface area contributed by atoms with Crippen LogP contribution < -0.4 is 4.90 Å². The van der Waals surface area contributed by atoms with E-state index in [2.05, 4.69) is 6.07 Å². The smallest absolute Gasteiger partial charge is 0.326 e. The topological polar surface area (TPSA) is 40.5 Å². The highest BCUT2D eigenvalue weighted by Gasteiger charge is 2.18. The lowest BCUT2D eigenvalue weighted by molar-refractivity contribution is -0.138. The number of carboxylic acids is 1. The van der Waals surface area contributed by atoms with Gasteiger partial charge in [0.15, 0.2) is 0 Å². The van der Waals surface area contributed by atoms with Crippen LogP contribution in [0.1, 0.15) is 18.1 Å². The normalized spacial score (nSPS) is 12.3. The summed E-state index contributed by atoms with van der Waals surface area (Å²) in [5, 5.41) is 8.92. The number of nitrogens with zero attached hydrogens (tertiary/aromatic N) is 1. The van der Waals surface area contributed by atoms with Crippen molar-refractivity contribution in [3.05, 3.63) is 29.3 Å². The molecule has 0 aliphatic heterocycles. The van der Waals surface area contributed by atoms with Crippen molar-refractivity contribution in [3.8, 4) is 0 Å². The molecule has 3 heteroatoms. The first-order valence-electron chi connectivity index (χ1n) is 4.96. The third-order valence-corrected chi connectivity index (χ3v) is 2.67. The molecule has 0 saturated carbocycles. The predicted molar refractivity (Wildman–Crippen MR) is 61.4 cm³/mol. The van der Waals surface area contributed by atoms with Gasteiger partial charge in [0.05, 0.1) is 0 Å². The number of hydrogen-bond acceptors (Lipinski definition) is 2. The molecule has 0 aliphatic rings. The van der Waals surface area contributed by atoms with E-state index in [0.29, 0.717) is 0 Å². The van der Waals surface area contributed by atoms with Gasteiger partial charge in [-0.1, -0.05) is 17.7 Å². The first-order chi connectivity index (χ1) is 6.93. The molecule has 15 heavy (non-hydrogen) atoms. The van der Waals surface area contributed by atoms with Gasteiger partial charge < -0.3 is 10.0 Å². The Bertz CT molecular complexity index is 374. The first kappa shape index (κ1) is 11.6. The van der Waals surface area contributed by atoms with Gasteiger partial charge in [0, 0.05) is 12.7 Å². The van der Waals surface area contributed by atoms with E-state index in [0.717, 1.165) is 11.3 Å². The molecule has 1 unspecified atom stereocenters. The van der Waals surface area contributed by atoms with Crippen LogP contribution in [0.15, 0.2) is 18.2 Å². The van der Waals surface area contributed by atoms with Gasteiger partial charge in [0.25, 0.3) is 0 Å². The van der Waals surface area contributed by atoms with E-state index in [1.165, 1.54) is 5.56 Å². The molecule has 82 valence electrons. The van der Waals surface area contributed by atoms with Crippen LogP contribution in [0.25, 0.3) is 0 Å². The third kappa shape index (κ3) is 2.49. The van der Waals surface area contributed by atoms with Crippen molar-refractivity contribution in [3.63, 3.8) is 0 Å². The molecular formula is C12H17NO2. The van der Waals surface area contributed by atoms with E-state index in [-0.39, 0.29) is 0 Å². The summed E-state index contributed by atoms with van der Waals surface area (Å²) >= 11 is 0. The largest absolute Gasteiger partial charge is 0.480 e. The van der Waals surface area contributed by atoms with Crippen LogP contribution >= 0.6 is 0 Å². The summed E-state index contributed by atoms with van der Waals surface area (Å²) in [7, 11) is 1.80. The highest BCUT2D eigenvalue weighted by Crippen LogP contribution is 2.21. The Morgan fingerprint density at radius 3 is 2.47 bits per heavy atom. The summed E-state index contributed by atoms with van der Waals surface area (Å²) in [4.78, 5) is 12.6. The van der Waals surface area contributed by atoms with Gasteiger partial charge in [-0.2, -0.15) is 0 Å². The number of anilines is 1. The molecule has 0 saturated heterocycles. The molecule has 1 atom stereocenters. The van der Waals surface area contributed by atoms with E-state index >= 15 is 0 Å². The maximum atomic E-state index is 10.9. The quantitative estimate of drug-likeness (QED) is 0.826. The number of hydrogen-bond donors (Lipinski definition) is 1. The highest BCUT2D eigenvalue weighted by atomic mass is 16.4. The van der Waals surface area contributed by atoms with Gasteiger partial charge in [-0.3, -0.25) is 0 Å². The molecule has 3 nitrogen and oxygen atoms in total. The Kier molecular flexibility index (Phi) is 3.35. The van der Waals surface area contributed by atoms with Gasteiger partial charge in [-0.15, -0.1) is 0 Å². The lowest BCUT2D eigenvalue weighted by atomic mass is 10.1. The molecule has 0 amide bonds. The number of aliphatic carboxylic acids is 1. The van der Waals surface area contributed by atoms with Crippen LogP contribution in [0.2, 0.25) is 0 Å². The summed E-state index contributed by atoms with van der Waals surface area (Å²) in [6, 6.07) is 5.50. The molecule has 1 N–H and O–H groups in total. The summed E-state index contributed by atoms with van der Waals surface area (Å²) in [6.07, 6.45) is 0. The van der Waals surface area contributed by atoms with E-state index in [9.17, 15) is 4.79 Å².